The Morgan fingerprint density at radius 2 is 2.26 bits per heavy atom. The first-order chi connectivity index (χ1) is 11.3. The van der Waals surface area contributed by atoms with Crippen molar-refractivity contribution in [2.75, 3.05) is 13.2 Å². The van der Waals surface area contributed by atoms with Crippen LogP contribution in [0.4, 0.5) is 0 Å². The number of aromatic nitrogens is 1. The molecular formula is C18H22N4O. The number of pyridine rings is 1. The van der Waals surface area contributed by atoms with E-state index in [2.05, 4.69) is 26.9 Å². The third-order valence-corrected chi connectivity index (χ3v) is 3.98. The van der Waals surface area contributed by atoms with Crippen LogP contribution in [0, 0.1) is 17.8 Å². The van der Waals surface area contributed by atoms with Gasteiger partial charge in [0.25, 0.3) is 0 Å². The van der Waals surface area contributed by atoms with Gasteiger partial charge < -0.3 is 10.6 Å². The van der Waals surface area contributed by atoms with Gasteiger partial charge in [0.05, 0.1) is 12.6 Å². The lowest BCUT2D eigenvalue weighted by Crippen LogP contribution is -2.22. The Balaban J connectivity index is 1.58. The molecule has 1 unspecified atom stereocenters. The number of nitrogens with two attached hydrogens (primary N) is 1. The minimum absolute atomic E-state index is 0.220. The lowest BCUT2D eigenvalue weighted by molar-refractivity contribution is 0.0226. The maximum Gasteiger partial charge on any atom is 0.113 e. The van der Waals surface area contributed by atoms with E-state index in [1.165, 1.54) is 19.3 Å². The van der Waals surface area contributed by atoms with E-state index in [1.807, 2.05) is 12.1 Å². The highest BCUT2D eigenvalue weighted by atomic mass is 16.5. The number of nitrogens with zero attached hydrogens (tertiary/aromatic N) is 3. The second-order valence-electron chi connectivity index (χ2n) is 5.97. The van der Waals surface area contributed by atoms with Crippen molar-refractivity contribution < 1.29 is 4.74 Å². The molecule has 1 atom stereocenters. The number of hydrogen-bond acceptors (Lipinski definition) is 5. The van der Waals surface area contributed by atoms with Gasteiger partial charge in [-0.3, -0.25) is 4.99 Å². The van der Waals surface area contributed by atoms with Crippen molar-refractivity contribution in [1.82, 2.24) is 4.98 Å². The van der Waals surface area contributed by atoms with Gasteiger partial charge in [0.1, 0.15) is 11.4 Å². The molecule has 1 aliphatic carbocycles. The summed E-state index contributed by atoms with van der Waals surface area (Å²) in [6.45, 7) is 1.49. The van der Waals surface area contributed by atoms with Crippen LogP contribution in [0.1, 0.15) is 43.4 Å². The van der Waals surface area contributed by atoms with Crippen LogP contribution in [-0.4, -0.2) is 36.2 Å². The van der Waals surface area contributed by atoms with Crippen molar-refractivity contribution in [2.24, 2.45) is 21.9 Å². The van der Waals surface area contributed by atoms with Crippen LogP contribution in [0.25, 0.3) is 0 Å². The van der Waals surface area contributed by atoms with E-state index in [0.29, 0.717) is 18.2 Å². The minimum Gasteiger partial charge on any atom is -0.376 e. The quantitative estimate of drug-likeness (QED) is 0.401. The van der Waals surface area contributed by atoms with E-state index < -0.39 is 0 Å². The van der Waals surface area contributed by atoms with Gasteiger partial charge in [-0.25, -0.2) is 4.98 Å². The molecule has 1 aromatic rings. The molecule has 1 saturated carbocycles. The maximum atomic E-state index is 5.65. The molecule has 0 aromatic carbocycles. The monoisotopic (exact) mass is 310 g/mol. The van der Waals surface area contributed by atoms with E-state index in [0.717, 1.165) is 30.7 Å². The molecule has 2 aliphatic rings. The van der Waals surface area contributed by atoms with Crippen LogP contribution >= 0.6 is 0 Å². The first-order valence-corrected chi connectivity index (χ1v) is 8.22. The molecule has 3 rings (SSSR count). The van der Waals surface area contributed by atoms with E-state index in [1.54, 1.807) is 12.4 Å². The predicted molar refractivity (Wildman–Crippen MR) is 91.5 cm³/mol. The lowest BCUT2D eigenvalue weighted by atomic mass is 10.1. The van der Waals surface area contributed by atoms with E-state index in [9.17, 15) is 0 Å². The minimum atomic E-state index is 0.220. The Labute approximate surface area is 137 Å². The van der Waals surface area contributed by atoms with Gasteiger partial charge in [-0.05, 0) is 50.2 Å². The second kappa shape index (κ2) is 7.89. The van der Waals surface area contributed by atoms with Gasteiger partial charge in [-0.1, -0.05) is 5.92 Å². The van der Waals surface area contributed by atoms with E-state index in [-0.39, 0.29) is 6.10 Å². The molecule has 23 heavy (non-hydrogen) atoms. The molecule has 1 aromatic heterocycles. The summed E-state index contributed by atoms with van der Waals surface area (Å²) in [5.41, 5.74) is 2.25. The zero-order valence-electron chi connectivity index (χ0n) is 13.2. The van der Waals surface area contributed by atoms with Gasteiger partial charge >= 0.3 is 0 Å². The average molecular weight is 310 g/mol. The summed E-state index contributed by atoms with van der Waals surface area (Å²) >= 11 is 0. The topological polar surface area (TPSA) is 72.9 Å². The standard InChI is InChI=1S/C18H22N4O/c19-22-18(13-20-12-17-3-1-2-10-23-17)15-7-9-16(21-11-15)8-6-14-4-5-14/h7,9,11,13-14,17H,1-5,10,12,19H2/b20-13?,22-18+. The fraction of sp³-hybridized carbons (Fsp3) is 0.500. The number of hydrazone groups is 1. The Bertz CT molecular complexity index is 629. The molecule has 0 bridgehead atoms. The Hall–Kier alpha value is -2.19. The molecule has 2 fully saturated rings. The van der Waals surface area contributed by atoms with E-state index >= 15 is 0 Å². The number of ether oxygens (including phenoxy) is 1. The highest BCUT2D eigenvalue weighted by molar-refractivity contribution is 6.38. The Kier molecular flexibility index (Phi) is 5.38. The molecule has 0 radical (unpaired) electrons. The molecule has 0 spiro atoms. The second-order valence-corrected chi connectivity index (χ2v) is 5.97. The average Bonchev–Trinajstić information content (AvgIpc) is 3.43. The third-order valence-electron chi connectivity index (χ3n) is 3.98. The van der Waals surface area contributed by atoms with E-state index in [4.69, 9.17) is 10.6 Å². The lowest BCUT2D eigenvalue weighted by Gasteiger charge is -2.20. The molecular weight excluding hydrogens is 288 g/mol. The number of hydrogen-bond donors (Lipinski definition) is 1. The molecule has 2 heterocycles. The zero-order chi connectivity index (χ0) is 15.9. The summed E-state index contributed by atoms with van der Waals surface area (Å²) in [4.78, 5) is 8.77. The summed E-state index contributed by atoms with van der Waals surface area (Å²) in [5, 5.41) is 3.81. The molecule has 0 amide bonds. The van der Waals surface area contributed by atoms with Gasteiger partial charge in [-0.2, -0.15) is 5.10 Å². The van der Waals surface area contributed by atoms with Gasteiger partial charge in [-0.15, -0.1) is 0 Å². The van der Waals surface area contributed by atoms with Crippen LogP contribution in [0.2, 0.25) is 0 Å². The largest absolute Gasteiger partial charge is 0.376 e. The zero-order valence-corrected chi connectivity index (χ0v) is 13.2. The van der Waals surface area contributed by atoms with Gasteiger partial charge in [0, 0.05) is 30.5 Å². The van der Waals surface area contributed by atoms with Gasteiger partial charge in [0.15, 0.2) is 0 Å². The summed E-state index contributed by atoms with van der Waals surface area (Å²) in [6.07, 6.45) is 9.53. The van der Waals surface area contributed by atoms with Gasteiger partial charge in [0.2, 0.25) is 0 Å². The summed E-state index contributed by atoms with van der Waals surface area (Å²) in [7, 11) is 0. The van der Waals surface area contributed by atoms with Crippen LogP contribution in [0.5, 0.6) is 0 Å². The molecule has 5 heteroatoms. The SMILES string of the molecule is N/N=C(\C=NCC1CCCCO1)c1ccc(C#CC2CC2)nc1. The molecule has 5 nitrogen and oxygen atoms in total. The summed E-state index contributed by atoms with van der Waals surface area (Å²) in [5.74, 6) is 12.3. The van der Waals surface area contributed by atoms with Crippen molar-refractivity contribution in [1.29, 1.82) is 0 Å². The third kappa shape index (κ3) is 4.90. The fourth-order valence-electron chi connectivity index (χ4n) is 2.41. The highest BCUT2D eigenvalue weighted by Gasteiger charge is 2.17. The van der Waals surface area contributed by atoms with Crippen molar-refractivity contribution in [3.8, 4) is 11.8 Å². The highest BCUT2D eigenvalue weighted by Crippen LogP contribution is 2.27. The Morgan fingerprint density at radius 3 is 2.91 bits per heavy atom. The first kappa shape index (κ1) is 15.7. The normalized spacial score (nSPS) is 21.9. The van der Waals surface area contributed by atoms with Crippen molar-refractivity contribution in [2.45, 2.75) is 38.2 Å². The Morgan fingerprint density at radius 1 is 1.35 bits per heavy atom. The smallest absolute Gasteiger partial charge is 0.113 e. The molecule has 2 N–H and O–H groups in total. The summed E-state index contributed by atoms with van der Waals surface area (Å²) < 4.78 is 5.65. The van der Waals surface area contributed by atoms with Crippen LogP contribution < -0.4 is 5.84 Å². The number of rotatable bonds is 4. The van der Waals surface area contributed by atoms with Crippen LogP contribution in [-0.2, 0) is 4.74 Å². The molecule has 1 aliphatic heterocycles. The van der Waals surface area contributed by atoms with Crippen molar-refractivity contribution >= 4 is 11.9 Å². The molecule has 120 valence electrons. The fourth-order valence-corrected chi connectivity index (χ4v) is 2.41. The van der Waals surface area contributed by atoms with Crippen LogP contribution in [0.15, 0.2) is 28.4 Å². The van der Waals surface area contributed by atoms with Crippen LogP contribution in [0.3, 0.4) is 0 Å². The molecule has 1 saturated heterocycles. The van der Waals surface area contributed by atoms with Crippen molar-refractivity contribution in [3.63, 3.8) is 0 Å². The van der Waals surface area contributed by atoms with Crippen molar-refractivity contribution in [3.05, 3.63) is 29.6 Å². The number of aliphatic imine (C=N–C) groups is 1. The predicted octanol–water partition coefficient (Wildman–Crippen LogP) is 2.15. The first-order valence-electron chi connectivity index (χ1n) is 8.22. The maximum absolute atomic E-state index is 5.65. The summed E-state index contributed by atoms with van der Waals surface area (Å²) in [6, 6.07) is 3.83.